The maximum Gasteiger partial charge on any atom is 0.423 e. The van der Waals surface area contributed by atoms with Gasteiger partial charge in [0.2, 0.25) is 23.3 Å². The van der Waals surface area contributed by atoms with Gasteiger partial charge in [0, 0.05) is 0 Å². The summed E-state index contributed by atoms with van der Waals surface area (Å²) in [4.78, 5) is 19.0. The number of hydrazine groups is 4. The molecule has 22 heteroatoms. The van der Waals surface area contributed by atoms with E-state index in [0.717, 1.165) is 0 Å². The molecule has 0 saturated heterocycles. The van der Waals surface area contributed by atoms with Crippen molar-refractivity contribution in [3.05, 3.63) is 43.3 Å². The van der Waals surface area contributed by atoms with Crippen LogP contribution in [0.2, 0.25) is 0 Å². The minimum absolute atomic E-state index is 0.111. The summed E-state index contributed by atoms with van der Waals surface area (Å²) >= 11 is 0. The number of fused-ring (bicyclic) bond motifs is 1. The zero-order chi connectivity index (χ0) is 22.0. The molecule has 0 aromatic carbocycles. The van der Waals surface area contributed by atoms with E-state index >= 15 is 0 Å². The standard InChI is InChI=1S/C4N6O4.2CH8N6/c11-9(12)3-1-2(6-7-3)4(8-5-1)10(13)14;2*2-1(6-3)7(4)5/h;2*3-5H2,(H2,2,6). The average Bonchev–Trinajstić information content (AvgIpc) is 3.22. The van der Waals surface area contributed by atoms with E-state index in [4.69, 9.17) is 34.8 Å². The molecule has 154 valence electrons. The van der Waals surface area contributed by atoms with Gasteiger partial charge in [-0.2, -0.15) is 0 Å². The Balaban J connectivity index is 0.000000444. The van der Waals surface area contributed by atoms with Crippen LogP contribution in [0.25, 0.3) is 0 Å². The van der Waals surface area contributed by atoms with Crippen LogP contribution in [0.5, 0.6) is 0 Å². The average molecular weight is 404 g/mol. The molecule has 0 atom stereocenters. The van der Waals surface area contributed by atoms with Gasteiger partial charge in [-0.25, -0.2) is 33.6 Å². The van der Waals surface area contributed by atoms with Crippen molar-refractivity contribution in [2.75, 3.05) is 0 Å². The van der Waals surface area contributed by atoms with E-state index in [2.05, 4.69) is 42.3 Å². The number of nitrogens with two attached hydrogens (primary N) is 8. The smallest absolute Gasteiger partial charge is 0.366 e. The largest absolute Gasteiger partial charge is 0.423 e. The highest BCUT2D eigenvalue weighted by molar-refractivity contribution is 5.76. The monoisotopic (exact) mass is 404 g/mol. The molecule has 2 rings (SSSR count). The topological polar surface area (TPSA) is 375 Å². The maximum absolute atomic E-state index is 10.3. The zero-order valence-corrected chi connectivity index (χ0v) is 13.7. The lowest BCUT2D eigenvalue weighted by atomic mass is 10.3. The van der Waals surface area contributed by atoms with Crippen molar-refractivity contribution in [3.63, 3.8) is 0 Å². The van der Waals surface area contributed by atoms with E-state index in [-0.39, 0.29) is 23.3 Å². The molecule has 0 spiro atoms. The molecule has 22 nitrogen and oxygen atoms in total. The number of azo groups is 2. The molecule has 0 amide bonds. The van der Waals surface area contributed by atoms with E-state index in [1.54, 1.807) is 0 Å². The number of rotatable bonds is 2. The second kappa shape index (κ2) is 10.5. The number of hydrogen-bond donors (Lipinski definition) is 8. The molecular formula is C6H16N18O4. The van der Waals surface area contributed by atoms with Gasteiger partial charge in [0.05, 0.1) is 10.2 Å². The molecule has 0 saturated carbocycles. The summed E-state index contributed by atoms with van der Waals surface area (Å²) in [6.45, 7) is 0. The van der Waals surface area contributed by atoms with Crippen LogP contribution in [0, 0.1) is 20.2 Å². The minimum atomic E-state index is -0.826. The van der Waals surface area contributed by atoms with Crippen molar-refractivity contribution in [2.24, 2.45) is 77.2 Å². The molecule has 16 N–H and O–H groups in total. The molecule has 0 aromatic rings. The van der Waals surface area contributed by atoms with Gasteiger partial charge in [-0.1, -0.05) is 0 Å². The molecular weight excluding hydrogens is 388 g/mol. The quantitative estimate of drug-likeness (QED) is 0.0703. The number of hydrazone groups is 2. The first-order valence-corrected chi connectivity index (χ1v) is 6.24. The Kier molecular flexibility index (Phi) is 8.76. The molecule has 0 aromatic heterocycles. The number of nitrogens with zero attached hydrogens (tertiary/aromatic N) is 10. The summed E-state index contributed by atoms with van der Waals surface area (Å²) in [5.41, 5.74) is 9.31. The fourth-order valence-electron chi connectivity index (χ4n) is 1.06. The van der Waals surface area contributed by atoms with Crippen molar-refractivity contribution >= 4 is 11.9 Å². The highest BCUT2D eigenvalue weighted by Crippen LogP contribution is 2.34. The SMILES string of the molecule is NN=C(N)N(N)N.NN=C(N)N(N)N.O=[N+]([O-])C1=C2N=NC([N+](=O)[O-])=C2N=N1. The van der Waals surface area contributed by atoms with Crippen LogP contribution < -0.4 is 46.5 Å². The molecule has 2 aliphatic heterocycles. The molecule has 0 unspecified atom stereocenters. The van der Waals surface area contributed by atoms with Crippen molar-refractivity contribution in [2.45, 2.75) is 0 Å². The Hall–Kier alpha value is -4.54. The first-order chi connectivity index (χ1) is 13.0. The summed E-state index contributed by atoms with van der Waals surface area (Å²) in [6.07, 6.45) is 0. The third-order valence-electron chi connectivity index (χ3n) is 2.28. The van der Waals surface area contributed by atoms with Crippen LogP contribution in [0.3, 0.4) is 0 Å². The van der Waals surface area contributed by atoms with Gasteiger partial charge in [0.15, 0.2) is 0 Å². The summed E-state index contributed by atoms with van der Waals surface area (Å²) < 4.78 is 0. The van der Waals surface area contributed by atoms with E-state index < -0.39 is 21.5 Å². The number of hydrogen-bond acceptors (Lipinski definition) is 16. The fourth-order valence-corrected chi connectivity index (χ4v) is 1.06. The Morgan fingerprint density at radius 1 is 0.750 bits per heavy atom. The third kappa shape index (κ3) is 6.40. The fraction of sp³-hybridized carbons (Fsp3) is 0. The third-order valence-corrected chi connectivity index (χ3v) is 2.28. The molecule has 0 fully saturated rings. The molecule has 2 heterocycles. The molecule has 0 aliphatic carbocycles. The summed E-state index contributed by atoms with van der Waals surface area (Å²) in [7, 11) is 0. The predicted molar refractivity (Wildman–Crippen MR) is 89.8 cm³/mol. The lowest BCUT2D eigenvalue weighted by Crippen LogP contribution is -2.48. The van der Waals surface area contributed by atoms with Crippen molar-refractivity contribution in [3.8, 4) is 0 Å². The molecule has 2 aliphatic rings. The second-order valence-electron chi connectivity index (χ2n) is 4.05. The Labute approximate surface area is 153 Å². The molecule has 0 bridgehead atoms. The summed E-state index contributed by atoms with van der Waals surface area (Å²) in [5, 5.41) is 40.6. The van der Waals surface area contributed by atoms with Crippen LogP contribution in [0.1, 0.15) is 0 Å². The zero-order valence-electron chi connectivity index (χ0n) is 13.7. The van der Waals surface area contributed by atoms with Gasteiger partial charge < -0.3 is 43.4 Å². The second-order valence-corrected chi connectivity index (χ2v) is 4.05. The van der Waals surface area contributed by atoms with Gasteiger partial charge in [-0.05, 0) is 20.1 Å². The lowest BCUT2D eigenvalue weighted by molar-refractivity contribution is -0.427. The Morgan fingerprint density at radius 2 is 1.04 bits per heavy atom. The van der Waals surface area contributed by atoms with Crippen molar-refractivity contribution < 1.29 is 9.85 Å². The van der Waals surface area contributed by atoms with E-state index in [1.807, 2.05) is 0 Å². The Morgan fingerprint density at radius 3 is 1.18 bits per heavy atom. The summed E-state index contributed by atoms with van der Waals surface area (Å²) in [6, 6.07) is 0. The summed E-state index contributed by atoms with van der Waals surface area (Å²) in [5.74, 6) is 27.1. The first kappa shape index (κ1) is 23.5. The van der Waals surface area contributed by atoms with Gasteiger partial charge in [0.1, 0.15) is 0 Å². The van der Waals surface area contributed by atoms with E-state index in [0.29, 0.717) is 10.2 Å². The lowest BCUT2D eigenvalue weighted by Gasteiger charge is -2.06. The highest BCUT2D eigenvalue weighted by atomic mass is 16.6. The van der Waals surface area contributed by atoms with Gasteiger partial charge in [-0.3, -0.25) is 0 Å². The molecule has 0 radical (unpaired) electrons. The van der Waals surface area contributed by atoms with Crippen LogP contribution in [0.15, 0.2) is 53.7 Å². The van der Waals surface area contributed by atoms with Gasteiger partial charge >= 0.3 is 11.6 Å². The number of nitro groups is 2. The predicted octanol–water partition coefficient (Wildman–Crippen LogP) is -4.74. The van der Waals surface area contributed by atoms with Crippen LogP contribution in [-0.4, -0.2) is 32.0 Å². The highest BCUT2D eigenvalue weighted by Gasteiger charge is 2.42. The van der Waals surface area contributed by atoms with Gasteiger partial charge in [0.25, 0.3) is 0 Å². The maximum atomic E-state index is 10.3. The van der Waals surface area contributed by atoms with Crippen molar-refractivity contribution in [1.82, 2.24) is 10.2 Å². The van der Waals surface area contributed by atoms with Crippen LogP contribution >= 0.6 is 0 Å². The minimum Gasteiger partial charge on any atom is -0.366 e. The normalized spacial score (nSPS) is 14.7. The number of guanidine groups is 2. The Bertz CT molecular complexity index is 720. The van der Waals surface area contributed by atoms with E-state index in [1.165, 1.54) is 0 Å². The van der Waals surface area contributed by atoms with Crippen LogP contribution in [-0.2, 0) is 0 Å². The first-order valence-electron chi connectivity index (χ1n) is 6.24. The van der Waals surface area contributed by atoms with Crippen LogP contribution in [0.4, 0.5) is 0 Å². The molecule has 28 heavy (non-hydrogen) atoms. The van der Waals surface area contributed by atoms with Gasteiger partial charge in [-0.15, -0.1) is 10.2 Å². The van der Waals surface area contributed by atoms with E-state index in [9.17, 15) is 20.2 Å². The van der Waals surface area contributed by atoms with Crippen molar-refractivity contribution in [1.29, 1.82) is 0 Å².